The molecule has 1 unspecified atom stereocenters. The highest BCUT2D eigenvalue weighted by molar-refractivity contribution is 7.89. The Balaban J connectivity index is 2.22. The lowest BCUT2D eigenvalue weighted by Gasteiger charge is -2.18. The summed E-state index contributed by atoms with van der Waals surface area (Å²) in [5.74, 6) is 0.414. The zero-order valence-corrected chi connectivity index (χ0v) is 16.6. The van der Waals surface area contributed by atoms with Crippen LogP contribution in [0.2, 0.25) is 0 Å². The van der Waals surface area contributed by atoms with Crippen molar-refractivity contribution < 1.29 is 22.7 Å². The van der Waals surface area contributed by atoms with E-state index in [2.05, 4.69) is 5.32 Å². The lowest BCUT2D eigenvalue weighted by Crippen LogP contribution is -2.30. The molecule has 0 heterocycles. The summed E-state index contributed by atoms with van der Waals surface area (Å²) in [6.45, 7) is 3.71. The summed E-state index contributed by atoms with van der Waals surface area (Å²) >= 11 is 0. The van der Waals surface area contributed by atoms with E-state index in [1.165, 1.54) is 26.2 Å². The van der Waals surface area contributed by atoms with Crippen molar-refractivity contribution in [3.8, 4) is 11.5 Å². The molecule has 0 saturated carbocycles. The second kappa shape index (κ2) is 8.88. The number of ether oxygens (including phenoxy) is 2. The molecule has 1 N–H and O–H groups in total. The number of carbonyl (C=O) groups is 1. The summed E-state index contributed by atoms with van der Waals surface area (Å²) in [6.07, 6.45) is -0.757. The van der Waals surface area contributed by atoms with E-state index in [0.717, 1.165) is 4.31 Å². The third-order valence-electron chi connectivity index (χ3n) is 3.70. The Morgan fingerprint density at radius 3 is 2.41 bits per heavy atom. The van der Waals surface area contributed by atoms with Crippen LogP contribution in [0.4, 0.5) is 5.69 Å². The van der Waals surface area contributed by atoms with E-state index in [-0.39, 0.29) is 10.6 Å². The normalized spacial score (nSPS) is 12.5. The minimum Gasteiger partial charge on any atom is -0.492 e. The fourth-order valence-electron chi connectivity index (χ4n) is 2.26. The van der Waals surface area contributed by atoms with Crippen molar-refractivity contribution >= 4 is 21.6 Å². The second-order valence-corrected chi connectivity index (χ2v) is 8.06. The molecule has 0 bridgehead atoms. The van der Waals surface area contributed by atoms with E-state index in [0.29, 0.717) is 18.0 Å². The maximum Gasteiger partial charge on any atom is 0.265 e. The Bertz CT molecular complexity index is 882. The topological polar surface area (TPSA) is 84.9 Å². The van der Waals surface area contributed by atoms with Gasteiger partial charge >= 0.3 is 0 Å². The van der Waals surface area contributed by atoms with Gasteiger partial charge in [0.25, 0.3) is 5.91 Å². The van der Waals surface area contributed by atoms with E-state index in [1.807, 2.05) is 18.2 Å². The molecule has 146 valence electrons. The number of hydrogen-bond acceptors (Lipinski definition) is 5. The van der Waals surface area contributed by atoms with E-state index < -0.39 is 22.0 Å². The monoisotopic (exact) mass is 392 g/mol. The van der Waals surface area contributed by atoms with Gasteiger partial charge in [-0.2, -0.15) is 0 Å². The molecule has 1 atom stereocenters. The number of amides is 1. The van der Waals surface area contributed by atoms with Gasteiger partial charge in [-0.15, -0.1) is 0 Å². The Morgan fingerprint density at radius 2 is 1.81 bits per heavy atom. The molecule has 0 radical (unpaired) electrons. The van der Waals surface area contributed by atoms with E-state index in [4.69, 9.17) is 9.47 Å². The van der Waals surface area contributed by atoms with Crippen molar-refractivity contribution in [1.29, 1.82) is 0 Å². The number of anilines is 1. The van der Waals surface area contributed by atoms with Gasteiger partial charge in [0.2, 0.25) is 10.0 Å². The van der Waals surface area contributed by atoms with Crippen LogP contribution < -0.4 is 14.8 Å². The largest absolute Gasteiger partial charge is 0.492 e. The number of carbonyl (C=O) groups excluding carboxylic acids is 1. The summed E-state index contributed by atoms with van der Waals surface area (Å²) in [6, 6.07) is 13.5. The van der Waals surface area contributed by atoms with Gasteiger partial charge in [0.1, 0.15) is 16.4 Å². The fraction of sp³-hybridized carbons (Fsp3) is 0.316. The van der Waals surface area contributed by atoms with Gasteiger partial charge in [-0.05, 0) is 44.2 Å². The average molecular weight is 392 g/mol. The summed E-state index contributed by atoms with van der Waals surface area (Å²) in [4.78, 5) is 12.4. The molecule has 7 nitrogen and oxygen atoms in total. The molecule has 0 aromatic heterocycles. The molecule has 0 aliphatic carbocycles. The van der Waals surface area contributed by atoms with Crippen molar-refractivity contribution in [3.05, 3.63) is 48.5 Å². The van der Waals surface area contributed by atoms with Crippen LogP contribution in [0.15, 0.2) is 53.4 Å². The first-order chi connectivity index (χ1) is 12.8. The van der Waals surface area contributed by atoms with Crippen LogP contribution in [-0.2, 0) is 14.8 Å². The zero-order chi connectivity index (χ0) is 20.0. The first-order valence-electron chi connectivity index (χ1n) is 8.47. The average Bonchev–Trinajstić information content (AvgIpc) is 2.63. The zero-order valence-electron chi connectivity index (χ0n) is 15.8. The standard InChI is InChI=1S/C19H24N2O5S/c1-5-25-17-12-11-15(13-18(17)27(23,24)21(3)4)20-19(22)14(2)26-16-9-7-6-8-10-16/h6-14H,5H2,1-4H3,(H,20,22). The maximum absolute atomic E-state index is 12.5. The van der Waals surface area contributed by atoms with Gasteiger partial charge in [0.15, 0.2) is 6.10 Å². The predicted octanol–water partition coefficient (Wildman–Crippen LogP) is 2.74. The van der Waals surface area contributed by atoms with Gasteiger partial charge in [0.05, 0.1) is 6.61 Å². The lowest BCUT2D eigenvalue weighted by atomic mass is 10.2. The highest BCUT2D eigenvalue weighted by Crippen LogP contribution is 2.29. The van der Waals surface area contributed by atoms with Crippen molar-refractivity contribution in [2.24, 2.45) is 0 Å². The molecule has 0 aliphatic rings. The van der Waals surface area contributed by atoms with Crippen LogP contribution in [0.1, 0.15) is 13.8 Å². The van der Waals surface area contributed by atoms with E-state index in [9.17, 15) is 13.2 Å². The summed E-state index contributed by atoms with van der Waals surface area (Å²) in [5.41, 5.74) is 0.340. The van der Waals surface area contributed by atoms with Crippen LogP contribution in [0.25, 0.3) is 0 Å². The molecule has 0 spiro atoms. The number of para-hydroxylation sites is 1. The minimum atomic E-state index is -3.73. The van der Waals surface area contributed by atoms with Gasteiger partial charge in [-0.25, -0.2) is 12.7 Å². The predicted molar refractivity (Wildman–Crippen MR) is 104 cm³/mol. The number of sulfonamides is 1. The molecule has 2 rings (SSSR count). The van der Waals surface area contributed by atoms with Crippen molar-refractivity contribution in [1.82, 2.24) is 4.31 Å². The quantitative estimate of drug-likeness (QED) is 0.747. The molecule has 8 heteroatoms. The number of benzene rings is 2. The molecule has 0 saturated heterocycles. The summed E-state index contributed by atoms with van der Waals surface area (Å²) in [5, 5.41) is 2.68. The Morgan fingerprint density at radius 1 is 1.15 bits per heavy atom. The number of hydrogen-bond donors (Lipinski definition) is 1. The van der Waals surface area contributed by atoms with Crippen LogP contribution in [-0.4, -0.2) is 45.4 Å². The minimum absolute atomic E-state index is 0.0104. The fourth-order valence-corrected chi connectivity index (χ4v) is 3.31. The Hall–Kier alpha value is -2.58. The highest BCUT2D eigenvalue weighted by atomic mass is 32.2. The molecule has 0 aliphatic heterocycles. The van der Waals surface area contributed by atoms with Gasteiger partial charge < -0.3 is 14.8 Å². The molecule has 2 aromatic carbocycles. The third-order valence-corrected chi connectivity index (χ3v) is 5.53. The van der Waals surface area contributed by atoms with Crippen LogP contribution in [0, 0.1) is 0 Å². The van der Waals surface area contributed by atoms with Crippen LogP contribution in [0.3, 0.4) is 0 Å². The smallest absolute Gasteiger partial charge is 0.265 e. The van der Waals surface area contributed by atoms with Crippen LogP contribution in [0.5, 0.6) is 11.5 Å². The molecule has 1 amide bonds. The van der Waals surface area contributed by atoms with Crippen molar-refractivity contribution in [2.45, 2.75) is 24.8 Å². The molecule has 2 aromatic rings. The molecular formula is C19H24N2O5S. The van der Waals surface area contributed by atoms with Crippen molar-refractivity contribution in [3.63, 3.8) is 0 Å². The van der Waals surface area contributed by atoms with Gasteiger partial charge in [-0.1, -0.05) is 18.2 Å². The SMILES string of the molecule is CCOc1ccc(NC(=O)C(C)Oc2ccccc2)cc1S(=O)(=O)N(C)C. The maximum atomic E-state index is 12.5. The number of nitrogens with one attached hydrogen (secondary N) is 1. The summed E-state index contributed by atoms with van der Waals surface area (Å²) in [7, 11) is -0.858. The van der Waals surface area contributed by atoms with Crippen molar-refractivity contribution in [2.75, 3.05) is 26.0 Å². The molecule has 0 fully saturated rings. The number of nitrogens with zero attached hydrogens (tertiary/aromatic N) is 1. The number of rotatable bonds is 8. The first kappa shape index (κ1) is 20.7. The van der Waals surface area contributed by atoms with E-state index in [1.54, 1.807) is 32.0 Å². The van der Waals surface area contributed by atoms with E-state index >= 15 is 0 Å². The highest BCUT2D eigenvalue weighted by Gasteiger charge is 2.24. The molecule has 27 heavy (non-hydrogen) atoms. The Labute approximate surface area is 160 Å². The second-order valence-electron chi connectivity index (χ2n) is 5.94. The summed E-state index contributed by atoms with van der Waals surface area (Å²) < 4.78 is 37.2. The first-order valence-corrected chi connectivity index (χ1v) is 9.91. The molecular weight excluding hydrogens is 368 g/mol. The van der Waals surface area contributed by atoms with Gasteiger partial charge in [-0.3, -0.25) is 4.79 Å². The lowest BCUT2D eigenvalue weighted by molar-refractivity contribution is -0.122. The third kappa shape index (κ3) is 5.21. The van der Waals surface area contributed by atoms with Gasteiger partial charge in [0, 0.05) is 19.8 Å². The Kier molecular flexibility index (Phi) is 6.81. The van der Waals surface area contributed by atoms with Crippen LogP contribution >= 0.6 is 0 Å².